The lowest BCUT2D eigenvalue weighted by Crippen LogP contribution is -2.60. The topological polar surface area (TPSA) is 175 Å². The summed E-state index contributed by atoms with van der Waals surface area (Å²) in [6, 6.07) is 5.91. The molecule has 1 unspecified atom stereocenters. The van der Waals surface area contributed by atoms with Crippen molar-refractivity contribution < 1.29 is 42.8 Å². The largest absolute Gasteiger partial charge is 0.386 e. The van der Waals surface area contributed by atoms with Crippen molar-refractivity contribution in [1.29, 1.82) is 0 Å². The molecule has 0 saturated carbocycles. The summed E-state index contributed by atoms with van der Waals surface area (Å²) in [6.07, 6.45) is 3.84. The standard InChI is InChI=1S/C45H79N5O9S/c1-15-30(6)40(49(10)45(56)38(28(2)3)47-44(55)39(29(4)5)48(9)36(51)24-20-26-60(13,14)57)35(58-11)27-37(52)50-25-19-23-34(50)42(59-12)31(7)43(54)46-32(8)41(53)33-21-17-16-18-22-33/h16-18,21-22,28-32,34-35,38-42,53,60H,15,19-20,23-27H2,1-14H3,(H,46,54)(H,47,55)/t30-,31+,32+,34-,35+,38-,39?,40-,41+,42+/m0/s1. The number of thiol groups is 1. The number of methoxy groups -OCH3 is 2. The van der Waals surface area contributed by atoms with E-state index in [-0.39, 0.29) is 60.3 Å². The fraction of sp³-hybridized carbons (Fsp3) is 0.756. The van der Waals surface area contributed by atoms with Crippen LogP contribution < -0.4 is 10.6 Å². The van der Waals surface area contributed by atoms with Gasteiger partial charge in [0.2, 0.25) is 29.5 Å². The maximum absolute atomic E-state index is 14.5. The second-order valence-corrected chi connectivity index (χ2v) is 21.7. The number of aliphatic hydroxyl groups is 1. The minimum absolute atomic E-state index is 0.0243. The lowest BCUT2D eigenvalue weighted by atomic mass is 9.89. The van der Waals surface area contributed by atoms with E-state index in [9.17, 15) is 33.3 Å². The summed E-state index contributed by atoms with van der Waals surface area (Å²) >= 11 is 0. The number of likely N-dealkylation sites (N-methyl/N-ethyl adjacent to an activating group) is 2. The van der Waals surface area contributed by atoms with Crippen LogP contribution in [0.5, 0.6) is 0 Å². The predicted octanol–water partition coefficient (Wildman–Crippen LogP) is 3.83. The Hall–Kier alpha value is -3.40. The van der Waals surface area contributed by atoms with Crippen molar-refractivity contribution >= 4 is 39.5 Å². The molecule has 15 heteroatoms. The van der Waals surface area contributed by atoms with E-state index in [2.05, 4.69) is 10.6 Å². The van der Waals surface area contributed by atoms with Gasteiger partial charge in [0.15, 0.2) is 0 Å². The normalized spacial score (nSPS) is 19.4. The molecule has 0 radical (unpaired) electrons. The summed E-state index contributed by atoms with van der Waals surface area (Å²) < 4.78 is 24.2. The van der Waals surface area contributed by atoms with Crippen LogP contribution in [0.1, 0.15) is 106 Å². The van der Waals surface area contributed by atoms with Crippen molar-refractivity contribution in [2.45, 2.75) is 142 Å². The van der Waals surface area contributed by atoms with E-state index in [4.69, 9.17) is 9.47 Å². The van der Waals surface area contributed by atoms with Gasteiger partial charge in [0.25, 0.3) is 0 Å². The third kappa shape index (κ3) is 14.6. The number of likely N-dealkylation sites (tertiary alicyclic amines) is 1. The zero-order valence-corrected chi connectivity index (χ0v) is 39.9. The van der Waals surface area contributed by atoms with E-state index in [1.807, 2.05) is 59.7 Å². The smallest absolute Gasteiger partial charge is 0.245 e. The van der Waals surface area contributed by atoms with Crippen molar-refractivity contribution in [2.75, 3.05) is 53.1 Å². The average Bonchev–Trinajstić information content (AvgIpc) is 3.68. The molecule has 1 aromatic rings. The molecular formula is C45H79N5O9S. The number of carbonyl (C=O) groups is 5. The number of rotatable bonds is 24. The Morgan fingerprint density at radius 2 is 1.52 bits per heavy atom. The first kappa shape index (κ1) is 52.7. The van der Waals surface area contributed by atoms with Gasteiger partial charge >= 0.3 is 0 Å². The SMILES string of the molecule is CC[C@H](C)[C@@H]([C@@H](CC(=O)N1CCC[C@H]1[C@H](OC)[C@@H](C)C(=O)N[C@H](C)[C@@H](O)c1ccccc1)OC)N(C)C(=O)[C@@H](NC(=O)C(C(C)C)N(C)C(=O)CCC[SH](C)(C)=O)C(C)C. The van der Waals surface area contributed by atoms with Gasteiger partial charge < -0.3 is 39.9 Å². The van der Waals surface area contributed by atoms with E-state index < -0.39 is 64.2 Å². The van der Waals surface area contributed by atoms with Gasteiger partial charge in [-0.25, -0.2) is 0 Å². The first-order chi connectivity index (χ1) is 28.0. The third-order valence-corrected chi connectivity index (χ3v) is 13.7. The summed E-state index contributed by atoms with van der Waals surface area (Å²) in [5.41, 5.74) is 0.694. The molecule has 3 N–H and O–H groups in total. The van der Waals surface area contributed by atoms with Gasteiger partial charge in [-0.1, -0.05) is 85.2 Å². The number of aliphatic hydroxyl groups excluding tert-OH is 1. The third-order valence-electron chi connectivity index (χ3n) is 12.3. The molecule has 2 rings (SSSR count). The highest BCUT2D eigenvalue weighted by Gasteiger charge is 2.43. The first-order valence-electron chi connectivity index (χ1n) is 21.8. The number of ether oxygens (including phenoxy) is 2. The second-order valence-electron chi connectivity index (χ2n) is 18.1. The molecule has 1 aliphatic heterocycles. The van der Waals surface area contributed by atoms with Crippen LogP contribution >= 0.6 is 0 Å². The molecule has 1 aromatic carbocycles. The van der Waals surface area contributed by atoms with Gasteiger partial charge in [-0.3, -0.25) is 28.2 Å². The molecule has 1 saturated heterocycles. The van der Waals surface area contributed by atoms with Crippen molar-refractivity contribution in [1.82, 2.24) is 25.3 Å². The number of hydrogen-bond donors (Lipinski definition) is 4. The molecule has 1 aliphatic rings. The summed E-state index contributed by atoms with van der Waals surface area (Å²) in [7, 11) is 4.06. The zero-order chi connectivity index (χ0) is 45.6. The molecule has 10 atom stereocenters. The lowest BCUT2D eigenvalue weighted by molar-refractivity contribution is -0.148. The molecule has 14 nitrogen and oxygen atoms in total. The number of hydrogen-bond acceptors (Lipinski definition) is 9. The molecule has 1 heterocycles. The number of benzene rings is 1. The Morgan fingerprint density at radius 3 is 2.03 bits per heavy atom. The van der Waals surface area contributed by atoms with E-state index in [1.165, 1.54) is 19.1 Å². The zero-order valence-electron chi connectivity index (χ0n) is 39.0. The van der Waals surface area contributed by atoms with Crippen molar-refractivity contribution in [3.05, 3.63) is 35.9 Å². The van der Waals surface area contributed by atoms with Gasteiger partial charge in [-0.15, -0.1) is 9.93 Å². The van der Waals surface area contributed by atoms with Crippen molar-refractivity contribution in [3.8, 4) is 0 Å². The van der Waals surface area contributed by atoms with Crippen LogP contribution in [0, 0.1) is 23.7 Å². The number of nitrogens with zero attached hydrogens (tertiary/aromatic N) is 3. The van der Waals surface area contributed by atoms with Gasteiger partial charge in [-0.2, -0.15) is 0 Å². The van der Waals surface area contributed by atoms with Gasteiger partial charge in [0, 0.05) is 47.0 Å². The predicted molar refractivity (Wildman–Crippen MR) is 239 cm³/mol. The van der Waals surface area contributed by atoms with E-state index >= 15 is 0 Å². The molecule has 0 aliphatic carbocycles. The van der Waals surface area contributed by atoms with Crippen molar-refractivity contribution in [3.63, 3.8) is 0 Å². The molecule has 0 spiro atoms. The molecule has 5 amide bonds. The lowest BCUT2D eigenvalue weighted by Gasteiger charge is -2.41. The van der Waals surface area contributed by atoms with Gasteiger partial charge in [0.1, 0.15) is 12.1 Å². The van der Waals surface area contributed by atoms with Gasteiger partial charge in [-0.05, 0) is 62.0 Å². The minimum Gasteiger partial charge on any atom is -0.386 e. The highest BCUT2D eigenvalue weighted by atomic mass is 32.2. The summed E-state index contributed by atoms with van der Waals surface area (Å²) in [6.45, 7) is 15.4. The fourth-order valence-electron chi connectivity index (χ4n) is 8.52. The monoisotopic (exact) mass is 866 g/mol. The van der Waals surface area contributed by atoms with Gasteiger partial charge in [0.05, 0.1) is 48.8 Å². The van der Waals surface area contributed by atoms with Crippen LogP contribution in [0.4, 0.5) is 0 Å². The maximum Gasteiger partial charge on any atom is 0.245 e. The summed E-state index contributed by atoms with van der Waals surface area (Å²) in [5.74, 6) is -2.30. The molecule has 1 fully saturated rings. The number of carbonyl (C=O) groups excluding carboxylic acids is 5. The highest BCUT2D eigenvalue weighted by molar-refractivity contribution is 8.01. The van der Waals surface area contributed by atoms with Crippen LogP contribution in [-0.2, 0) is 43.4 Å². The van der Waals surface area contributed by atoms with E-state index in [0.717, 1.165) is 6.42 Å². The number of amides is 5. The number of nitrogens with one attached hydrogen (secondary N) is 2. The summed E-state index contributed by atoms with van der Waals surface area (Å²) in [4.78, 5) is 74.2. The average molecular weight is 866 g/mol. The van der Waals surface area contributed by atoms with Crippen LogP contribution in [0.2, 0.25) is 0 Å². The maximum atomic E-state index is 14.5. The van der Waals surface area contributed by atoms with E-state index in [0.29, 0.717) is 37.1 Å². The Bertz CT molecular complexity index is 1590. The quantitative estimate of drug-likeness (QED) is 0.113. The van der Waals surface area contributed by atoms with Crippen molar-refractivity contribution in [2.24, 2.45) is 23.7 Å². The van der Waals surface area contributed by atoms with Crippen LogP contribution in [0.3, 0.4) is 0 Å². The fourth-order valence-corrected chi connectivity index (χ4v) is 9.44. The minimum atomic E-state index is -2.28. The Labute approximate surface area is 361 Å². The molecule has 0 aromatic heterocycles. The molecule has 0 bridgehead atoms. The first-order valence-corrected chi connectivity index (χ1v) is 24.6. The molecule has 60 heavy (non-hydrogen) atoms. The van der Waals surface area contributed by atoms with Crippen LogP contribution in [0.15, 0.2) is 30.3 Å². The van der Waals surface area contributed by atoms with Crippen LogP contribution in [-0.4, -0.2) is 149 Å². The Balaban J connectivity index is 2.26. The molecule has 344 valence electrons. The Morgan fingerprint density at radius 1 is 0.900 bits per heavy atom. The van der Waals surface area contributed by atoms with Crippen LogP contribution in [0.25, 0.3) is 0 Å². The summed E-state index contributed by atoms with van der Waals surface area (Å²) in [5, 5.41) is 16.8. The second kappa shape index (κ2) is 24.3. The highest BCUT2D eigenvalue weighted by Crippen LogP contribution is 2.30. The van der Waals surface area contributed by atoms with E-state index in [1.54, 1.807) is 62.4 Å². The Kier molecular flexibility index (Phi) is 21.4. The molecular weight excluding hydrogens is 787 g/mol.